The molecule has 3 aromatic rings. The van der Waals surface area contributed by atoms with Gasteiger partial charge in [0.2, 0.25) is 0 Å². The summed E-state index contributed by atoms with van der Waals surface area (Å²) in [5.41, 5.74) is 5.19. The van der Waals surface area contributed by atoms with Gasteiger partial charge in [-0.3, -0.25) is 4.99 Å². The Balaban J connectivity index is 1.40. The van der Waals surface area contributed by atoms with Gasteiger partial charge in [-0.05, 0) is 92.1 Å². The highest BCUT2D eigenvalue weighted by molar-refractivity contribution is 8.00. The molecule has 7 nitrogen and oxygen atoms in total. The molecule has 8 heteroatoms. The minimum Gasteiger partial charge on any atom is -0.376 e. The van der Waals surface area contributed by atoms with Crippen molar-refractivity contribution in [3.63, 3.8) is 0 Å². The zero-order chi connectivity index (χ0) is 30.9. The number of unbranched alkanes of at least 4 members (excludes halogenated alkanes) is 1. The molecule has 1 heterocycles. The Labute approximate surface area is 267 Å². The lowest BCUT2D eigenvalue weighted by molar-refractivity contribution is -0.113. The van der Waals surface area contributed by atoms with Crippen molar-refractivity contribution < 1.29 is 14.1 Å². The van der Waals surface area contributed by atoms with E-state index >= 15 is 0 Å². The van der Waals surface area contributed by atoms with Crippen molar-refractivity contribution in [1.82, 2.24) is 10.1 Å². The summed E-state index contributed by atoms with van der Waals surface area (Å²) in [5, 5.41) is 4.17. The number of benzene rings is 2. The molecular formula is C36H48N4O3S. The summed E-state index contributed by atoms with van der Waals surface area (Å²) >= 11 is 1.55. The number of anilines is 1. The number of rotatable bonds is 15. The van der Waals surface area contributed by atoms with Gasteiger partial charge in [0.1, 0.15) is 23.4 Å². The van der Waals surface area contributed by atoms with E-state index < -0.39 is 5.54 Å². The van der Waals surface area contributed by atoms with Crippen molar-refractivity contribution in [3.8, 4) is 11.1 Å². The van der Waals surface area contributed by atoms with E-state index in [2.05, 4.69) is 71.2 Å². The van der Waals surface area contributed by atoms with Crippen LogP contribution in [0.5, 0.6) is 0 Å². The van der Waals surface area contributed by atoms with Crippen LogP contribution < -0.4 is 4.72 Å². The van der Waals surface area contributed by atoms with Gasteiger partial charge in [0.25, 0.3) is 0 Å². The summed E-state index contributed by atoms with van der Waals surface area (Å²) in [6.45, 7) is 8.26. The molecule has 0 spiro atoms. The normalized spacial score (nSPS) is 16.6. The predicted octanol–water partition coefficient (Wildman–Crippen LogP) is 8.93. The van der Waals surface area contributed by atoms with Crippen LogP contribution in [0.15, 0.2) is 56.9 Å². The van der Waals surface area contributed by atoms with E-state index in [1.54, 1.807) is 11.9 Å². The van der Waals surface area contributed by atoms with E-state index in [0.717, 1.165) is 97.8 Å². The molecule has 0 unspecified atom stereocenters. The number of nitrogens with one attached hydrogen (secondary N) is 1. The molecule has 2 aliphatic rings. The van der Waals surface area contributed by atoms with E-state index in [9.17, 15) is 4.79 Å². The second-order valence-corrected chi connectivity index (χ2v) is 13.5. The molecule has 5 rings (SSSR count). The van der Waals surface area contributed by atoms with Gasteiger partial charge < -0.3 is 23.7 Å². The fourth-order valence-electron chi connectivity index (χ4n) is 5.85. The number of hydrogen-bond donors (Lipinski definition) is 1. The number of aromatic nitrogens is 1. The van der Waals surface area contributed by atoms with Crippen molar-refractivity contribution in [2.24, 2.45) is 10.9 Å². The van der Waals surface area contributed by atoms with Crippen molar-refractivity contribution in [3.05, 3.63) is 64.9 Å². The Morgan fingerprint density at radius 1 is 1.16 bits per heavy atom. The molecule has 0 amide bonds. The van der Waals surface area contributed by atoms with Crippen LogP contribution in [0.2, 0.25) is 0 Å². The minimum absolute atomic E-state index is 0.556. The van der Waals surface area contributed by atoms with E-state index in [1.807, 2.05) is 13.8 Å². The van der Waals surface area contributed by atoms with Crippen LogP contribution in [0, 0.1) is 19.8 Å². The molecule has 1 N–H and O–H groups in total. The first kappa shape index (κ1) is 32.3. The summed E-state index contributed by atoms with van der Waals surface area (Å²) in [5.74, 6) is 3.32. The molecule has 0 atom stereocenters. The van der Waals surface area contributed by atoms with Crippen LogP contribution in [0.3, 0.4) is 0 Å². The molecule has 2 aromatic carbocycles. The molecule has 2 aliphatic carbocycles. The van der Waals surface area contributed by atoms with E-state index in [-0.39, 0.29) is 0 Å². The van der Waals surface area contributed by atoms with E-state index in [1.165, 1.54) is 36.0 Å². The van der Waals surface area contributed by atoms with Gasteiger partial charge >= 0.3 is 0 Å². The fourth-order valence-corrected chi connectivity index (χ4v) is 6.68. The number of hydrogen-bond acceptors (Lipinski definition) is 7. The maximum Gasteiger partial charge on any atom is 0.182 e. The molecule has 236 valence electrons. The van der Waals surface area contributed by atoms with Crippen LogP contribution in [-0.2, 0) is 22.7 Å². The van der Waals surface area contributed by atoms with Gasteiger partial charge in [0, 0.05) is 37.1 Å². The smallest absolute Gasteiger partial charge is 0.182 e. The Hall–Kier alpha value is -3.10. The maximum atomic E-state index is 12.3. The highest BCUT2D eigenvalue weighted by atomic mass is 32.2. The van der Waals surface area contributed by atoms with Crippen LogP contribution >= 0.6 is 11.9 Å². The number of aliphatic imine (C=N–C) groups is 1. The number of carbonyl (C=O) groups excluding carboxylic acids is 1. The third-order valence-corrected chi connectivity index (χ3v) is 9.85. The maximum absolute atomic E-state index is 12.3. The second-order valence-electron chi connectivity index (χ2n) is 12.6. The van der Waals surface area contributed by atoms with Gasteiger partial charge in [0.15, 0.2) is 5.82 Å². The average molecular weight is 617 g/mol. The summed E-state index contributed by atoms with van der Waals surface area (Å²) in [6.07, 6.45) is 11.8. The number of aryl methyl sites for hydroxylation is 1. The average Bonchev–Trinajstić information content (AvgIpc) is 3.82. The molecule has 0 bridgehead atoms. The zero-order valence-corrected chi connectivity index (χ0v) is 27.7. The largest absolute Gasteiger partial charge is 0.376 e. The Bertz CT molecular complexity index is 1420. The molecule has 44 heavy (non-hydrogen) atoms. The quantitative estimate of drug-likeness (QED) is 0.0790. The number of carbonyl (C=O) groups is 1. The molecule has 2 saturated carbocycles. The summed E-state index contributed by atoms with van der Waals surface area (Å²) in [4.78, 5) is 20.8. The SMILES string of the molecule is CCCCC(=NC1(C=O)CCCCC1)N(C)Cc1ccc(-c2ccccc2SNc2noc(C)c2C)c(COCC2CC2)c1. The zero-order valence-electron chi connectivity index (χ0n) is 26.9. The Kier molecular flexibility index (Phi) is 11.2. The summed E-state index contributed by atoms with van der Waals surface area (Å²) in [7, 11) is 2.12. The fraction of sp³-hybridized carbons (Fsp3) is 0.528. The van der Waals surface area contributed by atoms with Crippen LogP contribution in [-0.4, -0.2) is 41.4 Å². The van der Waals surface area contributed by atoms with Gasteiger partial charge in [-0.15, -0.1) is 0 Å². The Morgan fingerprint density at radius 2 is 1.95 bits per heavy atom. The van der Waals surface area contributed by atoms with Gasteiger partial charge in [-0.1, -0.05) is 74.2 Å². The topological polar surface area (TPSA) is 80.0 Å². The third kappa shape index (κ3) is 8.33. The van der Waals surface area contributed by atoms with Crippen molar-refractivity contribution in [2.75, 3.05) is 18.4 Å². The summed E-state index contributed by atoms with van der Waals surface area (Å²) < 4.78 is 15.0. The lowest BCUT2D eigenvalue weighted by Crippen LogP contribution is -2.36. The van der Waals surface area contributed by atoms with Crippen LogP contribution in [0.1, 0.15) is 93.6 Å². The van der Waals surface area contributed by atoms with Crippen molar-refractivity contribution in [1.29, 1.82) is 0 Å². The van der Waals surface area contributed by atoms with Crippen LogP contribution in [0.4, 0.5) is 5.82 Å². The lowest BCUT2D eigenvalue weighted by atomic mass is 9.83. The van der Waals surface area contributed by atoms with Gasteiger partial charge in [-0.25, -0.2) is 0 Å². The minimum atomic E-state index is -0.556. The van der Waals surface area contributed by atoms with Gasteiger partial charge in [-0.2, -0.15) is 0 Å². The number of ether oxygens (including phenoxy) is 1. The standard InChI is InChI=1S/C36H48N4O3S/c1-5-6-14-34(37-36(25-41)19-10-7-11-20-36)40(4)22-29-17-18-31(30(21-29)24-42-23-28-15-16-28)32-12-8-9-13-33(32)44-39-35-26(2)27(3)43-38-35/h8-9,12-13,17-18,21,25,28H,5-7,10-11,14-16,19-20,22-24H2,1-4H3,(H,38,39). The molecule has 0 radical (unpaired) electrons. The first-order chi connectivity index (χ1) is 21.4. The highest BCUT2D eigenvalue weighted by Gasteiger charge is 2.32. The second kappa shape index (κ2) is 15.3. The molecule has 2 fully saturated rings. The monoisotopic (exact) mass is 616 g/mol. The number of aldehydes is 1. The van der Waals surface area contributed by atoms with Gasteiger partial charge in [0.05, 0.1) is 6.61 Å². The number of nitrogens with zero attached hydrogens (tertiary/aromatic N) is 3. The van der Waals surface area contributed by atoms with Crippen molar-refractivity contribution >= 4 is 29.9 Å². The predicted molar refractivity (Wildman–Crippen MR) is 180 cm³/mol. The number of amidine groups is 1. The van der Waals surface area contributed by atoms with Crippen molar-refractivity contribution in [2.45, 2.75) is 109 Å². The first-order valence-electron chi connectivity index (χ1n) is 16.3. The highest BCUT2D eigenvalue weighted by Crippen LogP contribution is 2.36. The molecule has 1 aromatic heterocycles. The molecule has 0 aliphatic heterocycles. The van der Waals surface area contributed by atoms with Crippen LogP contribution in [0.25, 0.3) is 11.1 Å². The molecule has 0 saturated heterocycles. The lowest BCUT2D eigenvalue weighted by Gasteiger charge is -2.31. The first-order valence-corrected chi connectivity index (χ1v) is 17.1. The van der Waals surface area contributed by atoms with E-state index in [4.69, 9.17) is 14.3 Å². The third-order valence-electron chi connectivity index (χ3n) is 8.97. The summed E-state index contributed by atoms with van der Waals surface area (Å²) in [6, 6.07) is 15.2. The Morgan fingerprint density at radius 3 is 2.66 bits per heavy atom. The molecular weight excluding hydrogens is 568 g/mol. The van der Waals surface area contributed by atoms with E-state index in [0.29, 0.717) is 12.5 Å².